The first-order valence-electron chi connectivity index (χ1n) is 10.2. The van der Waals surface area contributed by atoms with Crippen LogP contribution in [0.2, 0.25) is 5.02 Å². The van der Waals surface area contributed by atoms with Gasteiger partial charge in [-0.2, -0.15) is 0 Å². The first kappa shape index (κ1) is 20.3. The van der Waals surface area contributed by atoms with E-state index in [1.165, 1.54) is 0 Å². The summed E-state index contributed by atoms with van der Waals surface area (Å²) in [7, 11) is 0. The van der Waals surface area contributed by atoms with E-state index < -0.39 is 0 Å². The minimum Gasteiger partial charge on any atom is -0.339 e. The molecular formula is C22H24ClN5O2. The lowest BCUT2D eigenvalue weighted by molar-refractivity contribution is -0.121. The summed E-state index contributed by atoms with van der Waals surface area (Å²) >= 11 is 6.14. The van der Waals surface area contributed by atoms with Gasteiger partial charge in [0, 0.05) is 41.8 Å². The van der Waals surface area contributed by atoms with E-state index in [1.807, 2.05) is 38.1 Å². The number of hydrogen-bond acceptors (Lipinski definition) is 4. The van der Waals surface area contributed by atoms with Gasteiger partial charge >= 0.3 is 0 Å². The van der Waals surface area contributed by atoms with Gasteiger partial charge in [-0.15, -0.1) is 5.10 Å². The molecule has 1 aromatic heterocycles. The first-order valence-corrected chi connectivity index (χ1v) is 10.5. The Hall–Kier alpha value is -2.93. The molecule has 8 heteroatoms. The van der Waals surface area contributed by atoms with Crippen LogP contribution < -0.4 is 5.32 Å². The van der Waals surface area contributed by atoms with Gasteiger partial charge in [0.1, 0.15) is 5.52 Å². The normalized spacial score (nSPS) is 14.8. The van der Waals surface area contributed by atoms with Gasteiger partial charge in [0.25, 0.3) is 5.91 Å². The van der Waals surface area contributed by atoms with Crippen LogP contribution in [-0.4, -0.2) is 44.8 Å². The van der Waals surface area contributed by atoms with Gasteiger partial charge in [0.15, 0.2) is 0 Å². The number of anilines is 1. The van der Waals surface area contributed by atoms with E-state index in [1.54, 1.807) is 21.7 Å². The monoisotopic (exact) mass is 425 g/mol. The van der Waals surface area contributed by atoms with Crippen molar-refractivity contribution >= 4 is 40.1 Å². The highest BCUT2D eigenvalue weighted by Gasteiger charge is 2.28. The van der Waals surface area contributed by atoms with Gasteiger partial charge in [0.2, 0.25) is 5.91 Å². The predicted octanol–water partition coefficient (Wildman–Crippen LogP) is 3.90. The molecule has 2 amide bonds. The van der Waals surface area contributed by atoms with Crippen molar-refractivity contribution in [3.63, 3.8) is 0 Å². The van der Waals surface area contributed by atoms with Crippen molar-refractivity contribution in [3.05, 3.63) is 52.5 Å². The zero-order valence-corrected chi connectivity index (χ0v) is 17.8. The number of piperidine rings is 1. The molecule has 0 saturated carbocycles. The third-order valence-corrected chi connectivity index (χ3v) is 6.06. The number of aromatic nitrogens is 3. The van der Waals surface area contributed by atoms with E-state index in [-0.39, 0.29) is 17.7 Å². The summed E-state index contributed by atoms with van der Waals surface area (Å²) in [4.78, 5) is 27.3. The van der Waals surface area contributed by atoms with E-state index in [0.29, 0.717) is 47.7 Å². The van der Waals surface area contributed by atoms with Gasteiger partial charge in [-0.3, -0.25) is 9.59 Å². The minimum atomic E-state index is -0.124. The fourth-order valence-corrected chi connectivity index (χ4v) is 3.96. The second-order valence-corrected chi connectivity index (χ2v) is 8.04. The summed E-state index contributed by atoms with van der Waals surface area (Å²) in [5.74, 6) is -0.187. The molecule has 4 rings (SSSR count). The Morgan fingerprint density at radius 3 is 2.63 bits per heavy atom. The molecule has 0 bridgehead atoms. The highest BCUT2D eigenvalue weighted by atomic mass is 35.5. The number of fused-ring (bicyclic) bond motifs is 1. The molecule has 7 nitrogen and oxygen atoms in total. The molecule has 0 radical (unpaired) electrons. The zero-order valence-electron chi connectivity index (χ0n) is 17.1. The van der Waals surface area contributed by atoms with Crippen LogP contribution in [0.1, 0.15) is 35.7 Å². The number of benzene rings is 2. The molecule has 0 unspecified atom stereocenters. The molecule has 0 aliphatic carbocycles. The van der Waals surface area contributed by atoms with Gasteiger partial charge in [0.05, 0.1) is 5.52 Å². The fourth-order valence-electron chi connectivity index (χ4n) is 3.78. The van der Waals surface area contributed by atoms with Crippen molar-refractivity contribution in [2.24, 2.45) is 5.92 Å². The van der Waals surface area contributed by atoms with Crippen molar-refractivity contribution in [3.8, 4) is 0 Å². The molecule has 2 heterocycles. The molecule has 30 heavy (non-hydrogen) atoms. The van der Waals surface area contributed by atoms with Crippen molar-refractivity contribution < 1.29 is 9.59 Å². The molecule has 1 fully saturated rings. The van der Waals surface area contributed by atoms with Gasteiger partial charge in [-0.25, -0.2) is 4.68 Å². The molecule has 3 aromatic rings. The largest absolute Gasteiger partial charge is 0.339 e. The maximum atomic E-state index is 12.9. The summed E-state index contributed by atoms with van der Waals surface area (Å²) in [6.45, 7) is 5.75. The fraction of sp³-hybridized carbons (Fsp3) is 0.364. The van der Waals surface area contributed by atoms with Crippen LogP contribution in [0.5, 0.6) is 0 Å². The standard InChI is InChI=1S/C22H24ClN5O2/c1-3-28-20-7-5-16(12-19(20)25-26-28)22(30)27-10-8-15(9-11-27)21(29)24-17-6-4-14(2)18(23)13-17/h4-7,12-13,15H,3,8-11H2,1-2H3,(H,24,29). The number of rotatable bonds is 4. The third kappa shape index (κ3) is 4.03. The van der Waals surface area contributed by atoms with E-state index in [9.17, 15) is 9.59 Å². The van der Waals surface area contributed by atoms with Crippen molar-refractivity contribution in [1.82, 2.24) is 19.9 Å². The van der Waals surface area contributed by atoms with E-state index >= 15 is 0 Å². The number of amides is 2. The van der Waals surface area contributed by atoms with Gasteiger partial charge < -0.3 is 10.2 Å². The summed E-state index contributed by atoms with van der Waals surface area (Å²) in [5.41, 5.74) is 3.90. The maximum absolute atomic E-state index is 12.9. The molecule has 1 aliphatic heterocycles. The highest BCUT2D eigenvalue weighted by Crippen LogP contribution is 2.24. The van der Waals surface area contributed by atoms with Crippen LogP contribution in [0.25, 0.3) is 11.0 Å². The first-order chi connectivity index (χ1) is 14.5. The SMILES string of the molecule is CCn1nnc2cc(C(=O)N3CCC(C(=O)Nc4ccc(C)c(Cl)c4)CC3)ccc21. The number of carbonyl (C=O) groups is 2. The van der Waals surface area contributed by atoms with Crippen LogP contribution in [0.4, 0.5) is 5.69 Å². The van der Waals surface area contributed by atoms with E-state index in [2.05, 4.69) is 15.6 Å². The summed E-state index contributed by atoms with van der Waals surface area (Å²) in [6.07, 6.45) is 1.26. The molecule has 1 N–H and O–H groups in total. The van der Waals surface area contributed by atoms with Crippen molar-refractivity contribution in [1.29, 1.82) is 0 Å². The second-order valence-electron chi connectivity index (χ2n) is 7.63. The molecule has 156 valence electrons. The molecular weight excluding hydrogens is 402 g/mol. The van der Waals surface area contributed by atoms with Crippen molar-refractivity contribution in [2.75, 3.05) is 18.4 Å². The Morgan fingerprint density at radius 2 is 1.93 bits per heavy atom. The summed E-state index contributed by atoms with van der Waals surface area (Å²) in [5, 5.41) is 11.8. The molecule has 2 aromatic carbocycles. The summed E-state index contributed by atoms with van der Waals surface area (Å²) in [6, 6.07) is 11.0. The topological polar surface area (TPSA) is 80.1 Å². The van der Waals surface area contributed by atoms with E-state index in [0.717, 1.165) is 17.6 Å². The van der Waals surface area contributed by atoms with Crippen LogP contribution in [0.15, 0.2) is 36.4 Å². The number of halogens is 1. The molecule has 1 aliphatic rings. The zero-order chi connectivity index (χ0) is 21.3. The number of nitrogens with zero attached hydrogens (tertiary/aromatic N) is 4. The van der Waals surface area contributed by atoms with Gasteiger partial charge in [-0.1, -0.05) is 22.9 Å². The number of aryl methyl sites for hydroxylation is 2. The lowest BCUT2D eigenvalue weighted by Crippen LogP contribution is -2.41. The number of nitrogens with one attached hydrogen (secondary N) is 1. The Labute approximate surface area is 180 Å². The quantitative estimate of drug-likeness (QED) is 0.687. The smallest absolute Gasteiger partial charge is 0.253 e. The second kappa shape index (κ2) is 8.44. The minimum absolute atomic E-state index is 0.0281. The van der Waals surface area contributed by atoms with Crippen LogP contribution >= 0.6 is 11.6 Å². The van der Waals surface area contributed by atoms with Crippen LogP contribution in [0.3, 0.4) is 0 Å². The maximum Gasteiger partial charge on any atom is 0.253 e. The lowest BCUT2D eigenvalue weighted by Gasteiger charge is -2.31. The average molecular weight is 426 g/mol. The van der Waals surface area contributed by atoms with Crippen molar-refractivity contribution in [2.45, 2.75) is 33.2 Å². The molecule has 1 saturated heterocycles. The van der Waals surface area contributed by atoms with Gasteiger partial charge in [-0.05, 0) is 62.6 Å². The van der Waals surface area contributed by atoms with Crippen LogP contribution in [0, 0.1) is 12.8 Å². The van der Waals surface area contributed by atoms with Crippen LogP contribution in [-0.2, 0) is 11.3 Å². The Bertz CT molecular complexity index is 1100. The number of likely N-dealkylation sites (tertiary alicyclic amines) is 1. The summed E-state index contributed by atoms with van der Waals surface area (Å²) < 4.78 is 1.80. The Morgan fingerprint density at radius 1 is 1.17 bits per heavy atom. The number of hydrogen-bond donors (Lipinski definition) is 1. The lowest BCUT2D eigenvalue weighted by atomic mass is 9.95. The molecule has 0 spiro atoms. The van der Waals surface area contributed by atoms with E-state index in [4.69, 9.17) is 11.6 Å². The third-order valence-electron chi connectivity index (χ3n) is 5.65. The number of carbonyl (C=O) groups excluding carboxylic acids is 2. The highest BCUT2D eigenvalue weighted by molar-refractivity contribution is 6.31. The predicted molar refractivity (Wildman–Crippen MR) is 117 cm³/mol. The average Bonchev–Trinajstić information content (AvgIpc) is 3.18. The Kier molecular flexibility index (Phi) is 5.72. The molecule has 0 atom stereocenters. The Balaban J connectivity index is 1.37.